The third-order valence-corrected chi connectivity index (χ3v) is 3.92. The molecule has 3 heteroatoms. The van der Waals surface area contributed by atoms with Gasteiger partial charge < -0.3 is 0 Å². The molecule has 1 fully saturated rings. The molecule has 0 atom stereocenters. The summed E-state index contributed by atoms with van der Waals surface area (Å²) < 4.78 is 13.1. The van der Waals surface area contributed by atoms with Crippen LogP contribution >= 0.6 is 11.8 Å². The van der Waals surface area contributed by atoms with Crippen LogP contribution in [0.5, 0.6) is 0 Å². The van der Waals surface area contributed by atoms with Crippen LogP contribution < -0.4 is 0 Å². The van der Waals surface area contributed by atoms with Crippen molar-refractivity contribution in [3.05, 3.63) is 29.6 Å². The Morgan fingerprint density at radius 1 is 1.27 bits per heavy atom. The van der Waals surface area contributed by atoms with Crippen LogP contribution in [-0.2, 0) is 0 Å². The average Bonchev–Trinajstić information content (AvgIpc) is 2.69. The fourth-order valence-electron chi connectivity index (χ4n) is 1.89. The molecule has 78 valence electrons. The third-order valence-electron chi connectivity index (χ3n) is 2.61. The van der Waals surface area contributed by atoms with Gasteiger partial charge in [-0.15, -0.1) is 11.8 Å². The first kappa shape index (κ1) is 10.5. The molecule has 0 unspecified atom stereocenters. The molecule has 0 amide bonds. The van der Waals surface area contributed by atoms with Crippen molar-refractivity contribution in [2.75, 3.05) is 0 Å². The van der Waals surface area contributed by atoms with Crippen LogP contribution in [0, 0.1) is 17.1 Å². The molecule has 0 aromatic heterocycles. The predicted molar refractivity (Wildman–Crippen MR) is 59.2 cm³/mol. The summed E-state index contributed by atoms with van der Waals surface area (Å²) in [6, 6.07) is 6.54. The summed E-state index contributed by atoms with van der Waals surface area (Å²) in [5.41, 5.74) is 0.412. The smallest absolute Gasteiger partial charge is 0.125 e. The lowest BCUT2D eigenvalue weighted by Gasteiger charge is -2.08. The molecule has 15 heavy (non-hydrogen) atoms. The third kappa shape index (κ3) is 2.73. The first-order valence-electron chi connectivity index (χ1n) is 5.15. The van der Waals surface area contributed by atoms with Gasteiger partial charge in [0.25, 0.3) is 0 Å². The highest BCUT2D eigenvalue weighted by Gasteiger charge is 2.16. The Labute approximate surface area is 93.3 Å². The van der Waals surface area contributed by atoms with E-state index in [2.05, 4.69) is 0 Å². The van der Waals surface area contributed by atoms with E-state index in [0.29, 0.717) is 10.8 Å². The Hall–Kier alpha value is -1.01. The van der Waals surface area contributed by atoms with E-state index in [0.717, 1.165) is 4.90 Å². The van der Waals surface area contributed by atoms with Crippen molar-refractivity contribution in [1.82, 2.24) is 0 Å². The lowest BCUT2D eigenvalue weighted by Crippen LogP contribution is -1.93. The molecule has 0 saturated heterocycles. The Bertz CT molecular complexity index is 391. The summed E-state index contributed by atoms with van der Waals surface area (Å²) in [7, 11) is 0. The number of nitrogens with zero attached hydrogens (tertiary/aromatic N) is 1. The maximum absolute atomic E-state index is 13.1. The largest absolute Gasteiger partial charge is 0.207 e. The highest BCUT2D eigenvalue weighted by Crippen LogP contribution is 2.35. The standard InChI is InChI=1S/C12H12FNS/c13-10-5-9(8-14)6-12(7-10)15-11-3-1-2-4-11/h5-7,11H,1-4H2. The second-order valence-electron chi connectivity index (χ2n) is 3.81. The Kier molecular flexibility index (Phi) is 3.27. The fourth-order valence-corrected chi connectivity index (χ4v) is 3.22. The molecule has 0 N–H and O–H groups in total. The van der Waals surface area contributed by atoms with Crippen LogP contribution in [0.3, 0.4) is 0 Å². The molecule has 1 aliphatic carbocycles. The molecule has 1 aromatic rings. The van der Waals surface area contributed by atoms with Gasteiger partial charge in [0.2, 0.25) is 0 Å². The normalized spacial score (nSPS) is 16.5. The molecule has 0 spiro atoms. The molecule has 0 aliphatic heterocycles. The minimum atomic E-state index is -0.311. The summed E-state index contributed by atoms with van der Waals surface area (Å²) in [5.74, 6) is -0.311. The van der Waals surface area contributed by atoms with Crippen molar-refractivity contribution in [3.63, 3.8) is 0 Å². The average molecular weight is 221 g/mol. The number of rotatable bonds is 2. The van der Waals surface area contributed by atoms with Gasteiger partial charge >= 0.3 is 0 Å². The fraction of sp³-hybridized carbons (Fsp3) is 0.417. The molecule has 2 rings (SSSR count). The summed E-state index contributed by atoms with van der Waals surface area (Å²) in [4.78, 5) is 0.887. The second-order valence-corrected chi connectivity index (χ2v) is 5.19. The summed E-state index contributed by atoms with van der Waals surface area (Å²) in [5, 5.41) is 9.33. The summed E-state index contributed by atoms with van der Waals surface area (Å²) >= 11 is 1.70. The van der Waals surface area contributed by atoms with E-state index in [4.69, 9.17) is 5.26 Å². The van der Waals surface area contributed by atoms with Crippen molar-refractivity contribution in [2.24, 2.45) is 0 Å². The Balaban J connectivity index is 2.13. The molecule has 0 bridgehead atoms. The SMILES string of the molecule is N#Cc1cc(F)cc(SC2CCCC2)c1. The van der Waals surface area contributed by atoms with E-state index in [1.54, 1.807) is 17.8 Å². The lowest BCUT2D eigenvalue weighted by molar-refractivity contribution is 0.623. The Morgan fingerprint density at radius 3 is 2.67 bits per heavy atom. The van der Waals surface area contributed by atoms with Crippen LogP contribution in [0.1, 0.15) is 31.2 Å². The van der Waals surface area contributed by atoms with E-state index in [-0.39, 0.29) is 5.82 Å². The zero-order valence-electron chi connectivity index (χ0n) is 8.37. The monoisotopic (exact) mass is 221 g/mol. The van der Waals surface area contributed by atoms with Gasteiger partial charge in [0.1, 0.15) is 5.82 Å². The van der Waals surface area contributed by atoms with E-state index in [9.17, 15) is 4.39 Å². The molecule has 1 saturated carbocycles. The summed E-state index contributed by atoms with van der Waals surface area (Å²) in [6.07, 6.45) is 4.97. The van der Waals surface area contributed by atoms with Crippen LogP contribution in [0.25, 0.3) is 0 Å². The number of halogens is 1. The number of nitriles is 1. The first-order valence-corrected chi connectivity index (χ1v) is 6.03. The predicted octanol–water partition coefficient (Wildman–Crippen LogP) is 3.73. The molecule has 1 nitrogen and oxygen atoms in total. The van der Waals surface area contributed by atoms with Crippen LogP contribution in [0.2, 0.25) is 0 Å². The van der Waals surface area contributed by atoms with Gasteiger partial charge in [-0.2, -0.15) is 5.26 Å². The summed E-state index contributed by atoms with van der Waals surface area (Å²) in [6.45, 7) is 0. The number of hydrogen-bond donors (Lipinski definition) is 0. The highest BCUT2D eigenvalue weighted by atomic mass is 32.2. The number of thioether (sulfide) groups is 1. The van der Waals surface area contributed by atoms with Crippen molar-refractivity contribution >= 4 is 11.8 Å². The van der Waals surface area contributed by atoms with Crippen LogP contribution in [-0.4, -0.2) is 5.25 Å². The molecular weight excluding hydrogens is 209 g/mol. The van der Waals surface area contributed by atoms with Gasteiger partial charge in [-0.05, 0) is 31.0 Å². The molecule has 1 aliphatic rings. The zero-order valence-corrected chi connectivity index (χ0v) is 9.19. The molecule has 1 aromatic carbocycles. The number of benzene rings is 1. The van der Waals surface area contributed by atoms with Gasteiger partial charge in [0, 0.05) is 10.1 Å². The van der Waals surface area contributed by atoms with Crippen molar-refractivity contribution < 1.29 is 4.39 Å². The van der Waals surface area contributed by atoms with Gasteiger partial charge in [-0.25, -0.2) is 4.39 Å². The topological polar surface area (TPSA) is 23.8 Å². The van der Waals surface area contributed by atoms with E-state index in [1.807, 2.05) is 6.07 Å². The number of hydrogen-bond acceptors (Lipinski definition) is 2. The molecule has 0 heterocycles. The quantitative estimate of drug-likeness (QED) is 0.759. The van der Waals surface area contributed by atoms with Gasteiger partial charge in [-0.1, -0.05) is 12.8 Å². The molecule has 0 radical (unpaired) electrons. The minimum absolute atomic E-state index is 0.311. The van der Waals surface area contributed by atoms with Crippen molar-refractivity contribution in [1.29, 1.82) is 5.26 Å². The van der Waals surface area contributed by atoms with Gasteiger partial charge in [0.05, 0.1) is 11.6 Å². The molecular formula is C12H12FNS. The Morgan fingerprint density at radius 2 is 2.00 bits per heavy atom. The van der Waals surface area contributed by atoms with Crippen molar-refractivity contribution in [2.45, 2.75) is 35.8 Å². The highest BCUT2D eigenvalue weighted by molar-refractivity contribution is 8.00. The van der Waals surface area contributed by atoms with Crippen LogP contribution in [0.15, 0.2) is 23.1 Å². The minimum Gasteiger partial charge on any atom is -0.207 e. The first-order chi connectivity index (χ1) is 7.28. The van der Waals surface area contributed by atoms with E-state index >= 15 is 0 Å². The van der Waals surface area contributed by atoms with Crippen LogP contribution in [0.4, 0.5) is 4.39 Å². The maximum Gasteiger partial charge on any atom is 0.125 e. The second kappa shape index (κ2) is 4.67. The zero-order chi connectivity index (χ0) is 10.7. The van der Waals surface area contributed by atoms with E-state index < -0.39 is 0 Å². The van der Waals surface area contributed by atoms with E-state index in [1.165, 1.54) is 37.8 Å². The van der Waals surface area contributed by atoms with Gasteiger partial charge in [0.15, 0.2) is 0 Å². The van der Waals surface area contributed by atoms with Gasteiger partial charge in [-0.3, -0.25) is 0 Å². The van der Waals surface area contributed by atoms with Crippen molar-refractivity contribution in [3.8, 4) is 6.07 Å². The lowest BCUT2D eigenvalue weighted by atomic mass is 10.2. The maximum atomic E-state index is 13.1.